The molecular weight excluding hydrogens is 424 g/mol. The van der Waals surface area contributed by atoms with Crippen molar-refractivity contribution in [1.82, 2.24) is 15.0 Å². The zero-order valence-corrected chi connectivity index (χ0v) is 18.0. The van der Waals surface area contributed by atoms with Crippen LogP contribution in [0.15, 0.2) is 36.4 Å². The first-order valence-electron chi connectivity index (χ1n) is 11.1. The van der Waals surface area contributed by atoms with Crippen LogP contribution in [-0.2, 0) is 0 Å². The number of benzene rings is 2. The van der Waals surface area contributed by atoms with Crippen LogP contribution in [0.5, 0.6) is 23.0 Å². The number of rotatable bonds is 5. The molecule has 1 aromatic heterocycles. The Morgan fingerprint density at radius 1 is 0.606 bits per heavy atom. The van der Waals surface area contributed by atoms with E-state index in [-0.39, 0.29) is 0 Å². The summed E-state index contributed by atoms with van der Waals surface area (Å²) < 4.78 is 22.6. The van der Waals surface area contributed by atoms with Crippen molar-refractivity contribution in [3.05, 3.63) is 36.4 Å². The minimum atomic E-state index is 0.448. The molecule has 3 aliphatic rings. The van der Waals surface area contributed by atoms with E-state index in [9.17, 15) is 0 Å². The lowest BCUT2D eigenvalue weighted by atomic mass is 10.2. The fourth-order valence-electron chi connectivity index (χ4n) is 4.04. The smallest absolute Gasteiger partial charge is 0.233 e. The summed E-state index contributed by atoms with van der Waals surface area (Å²) in [7, 11) is 0. The van der Waals surface area contributed by atoms with E-state index in [1.807, 2.05) is 36.4 Å². The highest BCUT2D eigenvalue weighted by atomic mass is 16.6. The fraction of sp³-hybridized carbons (Fsp3) is 0.348. The molecule has 0 bridgehead atoms. The molecule has 0 atom stereocenters. The zero-order valence-electron chi connectivity index (χ0n) is 18.0. The Labute approximate surface area is 190 Å². The molecule has 2 aromatic carbocycles. The molecule has 2 N–H and O–H groups in total. The lowest BCUT2D eigenvalue weighted by molar-refractivity contribution is 0.171. The van der Waals surface area contributed by atoms with Crippen LogP contribution in [-0.4, -0.2) is 54.5 Å². The summed E-state index contributed by atoms with van der Waals surface area (Å²) in [6, 6.07) is 11.4. The average molecular weight is 448 g/mol. The summed E-state index contributed by atoms with van der Waals surface area (Å²) in [6.45, 7) is 4.03. The summed E-state index contributed by atoms with van der Waals surface area (Å²) in [5.41, 5.74) is 1.62. The number of hydrogen-bond donors (Lipinski definition) is 2. The molecule has 6 rings (SSSR count). The van der Waals surface area contributed by atoms with Crippen LogP contribution in [0.1, 0.15) is 12.8 Å². The van der Waals surface area contributed by atoms with Crippen LogP contribution in [0.25, 0.3) is 0 Å². The second-order valence-electron chi connectivity index (χ2n) is 7.94. The van der Waals surface area contributed by atoms with Crippen LogP contribution in [0.2, 0.25) is 0 Å². The van der Waals surface area contributed by atoms with Gasteiger partial charge in [0.15, 0.2) is 23.0 Å². The van der Waals surface area contributed by atoms with Crippen molar-refractivity contribution in [2.24, 2.45) is 0 Å². The zero-order chi connectivity index (χ0) is 22.0. The van der Waals surface area contributed by atoms with Crippen LogP contribution in [0.3, 0.4) is 0 Å². The molecule has 0 aliphatic carbocycles. The molecule has 33 heavy (non-hydrogen) atoms. The Balaban J connectivity index is 1.29. The van der Waals surface area contributed by atoms with E-state index < -0.39 is 0 Å². The highest BCUT2D eigenvalue weighted by Gasteiger charge is 2.19. The van der Waals surface area contributed by atoms with Crippen LogP contribution in [0.4, 0.5) is 29.2 Å². The van der Waals surface area contributed by atoms with Gasteiger partial charge in [0.2, 0.25) is 17.8 Å². The van der Waals surface area contributed by atoms with E-state index in [4.69, 9.17) is 18.9 Å². The molecule has 3 aliphatic heterocycles. The summed E-state index contributed by atoms with van der Waals surface area (Å²) in [5, 5.41) is 6.57. The van der Waals surface area contributed by atoms with E-state index >= 15 is 0 Å². The van der Waals surface area contributed by atoms with E-state index in [1.165, 1.54) is 0 Å². The number of fused-ring (bicyclic) bond motifs is 2. The number of nitrogens with one attached hydrogen (secondary N) is 2. The maximum atomic E-state index is 5.69. The van der Waals surface area contributed by atoms with Crippen LogP contribution in [0, 0.1) is 0 Å². The minimum absolute atomic E-state index is 0.448. The van der Waals surface area contributed by atoms with Gasteiger partial charge >= 0.3 is 0 Å². The van der Waals surface area contributed by atoms with Gasteiger partial charge in [0.25, 0.3) is 0 Å². The molecule has 1 fully saturated rings. The van der Waals surface area contributed by atoms with Gasteiger partial charge in [-0.25, -0.2) is 0 Å². The second kappa shape index (κ2) is 8.53. The van der Waals surface area contributed by atoms with Gasteiger partial charge in [0.1, 0.15) is 26.4 Å². The van der Waals surface area contributed by atoms with Crippen molar-refractivity contribution in [2.75, 3.05) is 55.1 Å². The standard InChI is InChI=1S/C23H24N6O4/c1-2-8-29(7-1)23-27-21(24-15-3-5-17-19(13-15)32-11-9-30-17)26-22(28-23)25-16-4-6-18-20(14-16)33-12-10-31-18/h3-6,13-14H,1-2,7-12H2,(H2,24,25,26,27,28). The first kappa shape index (κ1) is 19.7. The Kier molecular flexibility index (Phi) is 5.10. The molecule has 1 saturated heterocycles. The van der Waals surface area contributed by atoms with Crippen molar-refractivity contribution < 1.29 is 18.9 Å². The molecule has 170 valence electrons. The van der Waals surface area contributed by atoms with E-state index in [2.05, 4.69) is 30.5 Å². The fourth-order valence-corrected chi connectivity index (χ4v) is 4.04. The topological polar surface area (TPSA) is 103 Å². The maximum Gasteiger partial charge on any atom is 0.233 e. The summed E-state index contributed by atoms with van der Waals surface area (Å²) in [5.74, 6) is 4.42. The number of anilines is 5. The monoisotopic (exact) mass is 448 g/mol. The summed E-state index contributed by atoms with van der Waals surface area (Å²) >= 11 is 0. The first-order valence-corrected chi connectivity index (χ1v) is 11.1. The molecule has 0 spiro atoms. The number of hydrogen-bond acceptors (Lipinski definition) is 10. The molecule has 10 nitrogen and oxygen atoms in total. The molecule has 0 amide bonds. The van der Waals surface area contributed by atoms with E-state index in [0.717, 1.165) is 48.8 Å². The van der Waals surface area contributed by atoms with Crippen LogP contribution < -0.4 is 34.5 Å². The van der Waals surface area contributed by atoms with Gasteiger partial charge in [0, 0.05) is 36.6 Å². The van der Waals surface area contributed by atoms with Crippen LogP contribution >= 0.6 is 0 Å². The van der Waals surface area contributed by atoms with E-state index in [1.54, 1.807) is 0 Å². The summed E-state index contributed by atoms with van der Waals surface area (Å²) in [4.78, 5) is 16.1. The number of aromatic nitrogens is 3. The minimum Gasteiger partial charge on any atom is -0.486 e. The van der Waals surface area contributed by atoms with Crippen molar-refractivity contribution in [1.29, 1.82) is 0 Å². The van der Waals surface area contributed by atoms with Crippen molar-refractivity contribution >= 4 is 29.2 Å². The molecule has 4 heterocycles. The normalized spacial score (nSPS) is 16.4. The van der Waals surface area contributed by atoms with Crippen molar-refractivity contribution in [3.8, 4) is 23.0 Å². The van der Waals surface area contributed by atoms with Gasteiger partial charge in [0.05, 0.1) is 0 Å². The molecule has 0 unspecified atom stereocenters. The number of nitrogens with zero attached hydrogens (tertiary/aromatic N) is 4. The highest BCUT2D eigenvalue weighted by Crippen LogP contribution is 2.35. The van der Waals surface area contributed by atoms with E-state index in [0.29, 0.717) is 55.8 Å². The van der Waals surface area contributed by atoms with Gasteiger partial charge in [-0.05, 0) is 37.1 Å². The Morgan fingerprint density at radius 2 is 1.09 bits per heavy atom. The van der Waals surface area contributed by atoms with Gasteiger partial charge in [-0.1, -0.05) is 0 Å². The molecule has 0 saturated carbocycles. The van der Waals surface area contributed by atoms with Gasteiger partial charge in [-0.15, -0.1) is 0 Å². The predicted molar refractivity (Wildman–Crippen MR) is 123 cm³/mol. The quantitative estimate of drug-likeness (QED) is 0.603. The third-order valence-corrected chi connectivity index (χ3v) is 5.61. The van der Waals surface area contributed by atoms with Gasteiger partial charge < -0.3 is 34.5 Å². The Morgan fingerprint density at radius 3 is 1.61 bits per heavy atom. The Bertz CT molecular complexity index is 1090. The maximum absolute atomic E-state index is 5.69. The summed E-state index contributed by atoms with van der Waals surface area (Å²) in [6.07, 6.45) is 2.25. The lowest BCUT2D eigenvalue weighted by Gasteiger charge is -2.20. The predicted octanol–water partition coefficient (Wildman–Crippen LogP) is 3.50. The second-order valence-corrected chi connectivity index (χ2v) is 7.94. The lowest BCUT2D eigenvalue weighted by Crippen LogP contribution is -2.22. The molecule has 3 aromatic rings. The SMILES string of the molecule is c1cc2c(cc1Nc1nc(Nc3ccc4c(c3)OCCO4)nc(N3CCCC3)n1)OCCO2. The third kappa shape index (κ3) is 4.23. The third-order valence-electron chi connectivity index (χ3n) is 5.61. The average Bonchev–Trinajstić information content (AvgIpc) is 3.39. The van der Waals surface area contributed by atoms with Gasteiger partial charge in [-0.2, -0.15) is 15.0 Å². The highest BCUT2D eigenvalue weighted by molar-refractivity contribution is 5.64. The van der Waals surface area contributed by atoms with Crippen molar-refractivity contribution in [2.45, 2.75) is 12.8 Å². The molecule has 10 heteroatoms. The number of ether oxygens (including phenoxy) is 4. The first-order chi connectivity index (χ1) is 16.3. The molecular formula is C23H24N6O4. The molecule has 0 radical (unpaired) electrons. The van der Waals surface area contributed by atoms with Gasteiger partial charge in [-0.3, -0.25) is 0 Å². The Hall–Kier alpha value is -3.95. The van der Waals surface area contributed by atoms with Crippen molar-refractivity contribution in [3.63, 3.8) is 0 Å². The largest absolute Gasteiger partial charge is 0.486 e.